The number of carbonyl (C=O) groups is 4. The number of aliphatic carboxylic acids is 1. The number of carboxylic acids is 1. The van der Waals surface area contributed by atoms with E-state index in [-0.39, 0.29) is 49.5 Å². The fourth-order valence-corrected chi connectivity index (χ4v) is 6.35. The Labute approximate surface area is 222 Å². The zero-order valence-corrected chi connectivity index (χ0v) is 22.5. The molecule has 1 spiro atoms. The minimum absolute atomic E-state index is 0.0295. The predicted molar refractivity (Wildman–Crippen MR) is 130 cm³/mol. The molecule has 2 bridgehead atoms. The zero-order chi connectivity index (χ0) is 27.7. The van der Waals surface area contributed by atoms with Gasteiger partial charge in [0, 0.05) is 37.6 Å². The fourth-order valence-electron chi connectivity index (χ4n) is 6.35. The van der Waals surface area contributed by atoms with Crippen molar-refractivity contribution in [2.45, 2.75) is 109 Å². The number of carbonyl (C=O) groups excluding carboxylic acids is 3. The molecule has 0 radical (unpaired) electrons. The van der Waals surface area contributed by atoms with Crippen LogP contribution in [0.4, 0.5) is 0 Å². The van der Waals surface area contributed by atoms with Crippen molar-refractivity contribution in [2.24, 2.45) is 23.7 Å². The van der Waals surface area contributed by atoms with Gasteiger partial charge in [-0.25, -0.2) is 9.78 Å². The van der Waals surface area contributed by atoms with Gasteiger partial charge in [-0.1, -0.05) is 13.8 Å². The number of hydrogen-bond acceptors (Lipinski definition) is 9. The number of esters is 1. The van der Waals surface area contributed by atoms with Gasteiger partial charge >= 0.3 is 11.9 Å². The van der Waals surface area contributed by atoms with Crippen LogP contribution in [0.3, 0.4) is 0 Å². The molecule has 0 aromatic rings. The summed E-state index contributed by atoms with van der Waals surface area (Å²) in [6.45, 7) is 7.66. The summed E-state index contributed by atoms with van der Waals surface area (Å²) < 4.78 is 18.2. The molecule has 4 heterocycles. The van der Waals surface area contributed by atoms with Crippen LogP contribution >= 0.6 is 0 Å². The first-order chi connectivity index (χ1) is 17.9. The Morgan fingerprint density at radius 3 is 2.53 bits per heavy atom. The first kappa shape index (κ1) is 28.7. The summed E-state index contributed by atoms with van der Waals surface area (Å²) >= 11 is 0. The molecule has 2 amide bonds. The van der Waals surface area contributed by atoms with Crippen LogP contribution < -0.4 is 10.6 Å². The maximum atomic E-state index is 12.6. The van der Waals surface area contributed by atoms with Crippen LogP contribution in [0, 0.1) is 23.7 Å². The van der Waals surface area contributed by atoms with Crippen LogP contribution in [-0.2, 0) is 43.2 Å². The first-order valence-electron chi connectivity index (χ1n) is 13.6. The van der Waals surface area contributed by atoms with E-state index < -0.39 is 47.9 Å². The minimum atomic E-state index is -1.12. The van der Waals surface area contributed by atoms with E-state index in [0.717, 1.165) is 19.3 Å². The smallest absolute Gasteiger partial charge is 0.325 e. The monoisotopic (exact) mass is 540 g/mol. The second kappa shape index (κ2) is 11.4. The highest BCUT2D eigenvalue weighted by Gasteiger charge is 2.69. The van der Waals surface area contributed by atoms with Gasteiger partial charge in [0.2, 0.25) is 23.9 Å². The highest BCUT2D eigenvalue weighted by molar-refractivity contribution is 5.83. The third-order valence-corrected chi connectivity index (χ3v) is 8.55. The normalized spacial score (nSPS) is 38.3. The van der Waals surface area contributed by atoms with Gasteiger partial charge in [0.25, 0.3) is 0 Å². The summed E-state index contributed by atoms with van der Waals surface area (Å²) in [6, 6.07) is -0.971. The van der Waals surface area contributed by atoms with Crippen LogP contribution in [0.2, 0.25) is 0 Å². The Bertz CT molecular complexity index is 930. The van der Waals surface area contributed by atoms with E-state index in [1.165, 1.54) is 6.92 Å². The van der Waals surface area contributed by atoms with Gasteiger partial charge < -0.3 is 30.0 Å². The molecule has 12 nitrogen and oxygen atoms in total. The van der Waals surface area contributed by atoms with Gasteiger partial charge in [0.1, 0.15) is 6.04 Å². The van der Waals surface area contributed by atoms with E-state index in [2.05, 4.69) is 17.6 Å². The molecular formula is C26H40N2O10. The zero-order valence-electron chi connectivity index (χ0n) is 22.5. The number of rotatable bonds is 10. The lowest BCUT2D eigenvalue weighted by molar-refractivity contribution is -0.576. The maximum absolute atomic E-state index is 12.6. The summed E-state index contributed by atoms with van der Waals surface area (Å²) in [5, 5.41) is 13.8. The molecule has 214 valence electrons. The molecule has 4 aliphatic heterocycles. The lowest BCUT2D eigenvalue weighted by Gasteiger charge is -2.59. The number of amides is 2. The standard InChI is InChI=1S/C26H40N2O10/c1-14-7-8-18-15(2)23(35-24-26(18)17(14)11-12-25(4,36-24)37-38-26)34-21(31)10-9-19(29)27-13-5-6-20(30)28-16(3)22(32)33/h14-18,23-24H,5-13H2,1-4H3,(H,27,29)(H,28,30)(H,32,33)/t14-,15+,16+,17+,18-,23-,24+,25-,26-/m1/s1. The first-order valence-corrected chi connectivity index (χ1v) is 13.6. The Morgan fingerprint density at radius 1 is 1.03 bits per heavy atom. The Balaban J connectivity index is 1.24. The van der Waals surface area contributed by atoms with E-state index in [4.69, 9.17) is 29.1 Å². The molecule has 1 aliphatic carbocycles. The Hall–Kier alpha value is -2.28. The lowest BCUT2D eigenvalue weighted by atomic mass is 9.58. The van der Waals surface area contributed by atoms with Gasteiger partial charge in [-0.3, -0.25) is 19.2 Å². The SMILES string of the molecule is C[C@@H]1[C@H](OC(=O)CCC(=O)NCCCC(=O)N[C@@H](C)C(=O)O)O[C@H]2O[C@@]3(C)CC[C@H]4[C@H](C)CC[C@H]1[C@@]24OO3. The van der Waals surface area contributed by atoms with Crippen molar-refractivity contribution in [1.29, 1.82) is 0 Å². The van der Waals surface area contributed by atoms with E-state index in [1.807, 2.05) is 13.8 Å². The summed E-state index contributed by atoms with van der Waals surface area (Å²) in [4.78, 5) is 59.1. The van der Waals surface area contributed by atoms with Crippen LogP contribution in [0.5, 0.6) is 0 Å². The molecule has 1 saturated carbocycles. The van der Waals surface area contributed by atoms with Crippen molar-refractivity contribution in [3.8, 4) is 0 Å². The second-order valence-corrected chi connectivity index (χ2v) is 11.3. The average Bonchev–Trinajstić information content (AvgIpc) is 3.09. The van der Waals surface area contributed by atoms with Crippen LogP contribution in [0.15, 0.2) is 0 Å². The van der Waals surface area contributed by atoms with Crippen molar-refractivity contribution in [3.63, 3.8) is 0 Å². The fraction of sp³-hybridized carbons (Fsp3) is 0.846. The molecule has 5 rings (SSSR count). The van der Waals surface area contributed by atoms with Crippen LogP contribution in [-0.4, -0.2) is 65.4 Å². The van der Waals surface area contributed by atoms with E-state index in [1.54, 1.807) is 0 Å². The third kappa shape index (κ3) is 5.83. The number of carboxylic acid groups (broad SMARTS) is 1. The second-order valence-electron chi connectivity index (χ2n) is 11.3. The highest BCUT2D eigenvalue weighted by atomic mass is 17.3. The lowest BCUT2D eigenvalue weighted by Crippen LogP contribution is -2.70. The number of ether oxygens (including phenoxy) is 3. The van der Waals surface area contributed by atoms with E-state index in [0.29, 0.717) is 18.8 Å². The van der Waals surface area contributed by atoms with Gasteiger partial charge in [0.05, 0.1) is 6.42 Å². The number of nitrogens with one attached hydrogen (secondary N) is 2. The van der Waals surface area contributed by atoms with Crippen molar-refractivity contribution >= 4 is 23.8 Å². The largest absolute Gasteiger partial charge is 0.480 e. The van der Waals surface area contributed by atoms with Crippen molar-refractivity contribution in [1.82, 2.24) is 10.6 Å². The van der Waals surface area contributed by atoms with Crippen molar-refractivity contribution < 1.29 is 48.3 Å². The average molecular weight is 541 g/mol. The maximum Gasteiger partial charge on any atom is 0.325 e. The topological polar surface area (TPSA) is 159 Å². The summed E-state index contributed by atoms with van der Waals surface area (Å²) in [6.07, 6.45) is 2.22. The van der Waals surface area contributed by atoms with Gasteiger partial charge in [-0.05, 0) is 51.4 Å². The summed E-state index contributed by atoms with van der Waals surface area (Å²) in [5.74, 6) is -2.80. The number of fused-ring (bicyclic) bond motifs is 2. The molecule has 0 unspecified atom stereocenters. The molecular weight excluding hydrogens is 500 g/mol. The molecule has 5 fully saturated rings. The number of hydrogen-bond donors (Lipinski definition) is 3. The van der Waals surface area contributed by atoms with Crippen molar-refractivity contribution in [3.05, 3.63) is 0 Å². The molecule has 12 heteroatoms. The molecule has 0 aromatic heterocycles. The highest BCUT2D eigenvalue weighted by Crippen LogP contribution is 2.60. The quantitative estimate of drug-likeness (QED) is 0.213. The Kier molecular flexibility index (Phi) is 8.65. The van der Waals surface area contributed by atoms with Crippen LogP contribution in [0.25, 0.3) is 0 Å². The molecule has 38 heavy (non-hydrogen) atoms. The van der Waals surface area contributed by atoms with E-state index in [9.17, 15) is 19.2 Å². The predicted octanol–water partition coefficient (Wildman–Crippen LogP) is 2.00. The molecule has 0 aromatic carbocycles. The third-order valence-electron chi connectivity index (χ3n) is 8.55. The minimum Gasteiger partial charge on any atom is -0.480 e. The molecule has 5 aliphatic rings. The van der Waals surface area contributed by atoms with Crippen molar-refractivity contribution in [2.75, 3.05) is 6.54 Å². The molecule has 9 atom stereocenters. The van der Waals surface area contributed by atoms with Gasteiger partial charge in [-0.2, -0.15) is 0 Å². The van der Waals surface area contributed by atoms with Gasteiger partial charge in [-0.15, -0.1) is 0 Å². The van der Waals surface area contributed by atoms with Gasteiger partial charge in [0.15, 0.2) is 11.9 Å². The molecule has 4 saturated heterocycles. The van der Waals surface area contributed by atoms with Crippen LogP contribution in [0.1, 0.15) is 79.1 Å². The van der Waals surface area contributed by atoms with E-state index >= 15 is 0 Å². The summed E-state index contributed by atoms with van der Waals surface area (Å²) in [7, 11) is 0. The summed E-state index contributed by atoms with van der Waals surface area (Å²) in [5.41, 5.74) is -0.738. The molecule has 3 N–H and O–H groups in total. The Morgan fingerprint density at radius 2 is 1.79 bits per heavy atom.